The fourth-order valence-corrected chi connectivity index (χ4v) is 6.16. The minimum absolute atomic E-state index is 0.0417. The first kappa shape index (κ1) is 18.8. The van der Waals surface area contributed by atoms with Crippen LogP contribution < -0.4 is 5.32 Å². The molecule has 1 unspecified atom stereocenters. The molecule has 2 saturated carbocycles. The van der Waals surface area contributed by atoms with Crippen LogP contribution in [-0.4, -0.2) is 30.3 Å². The van der Waals surface area contributed by atoms with E-state index in [9.17, 15) is 13.6 Å². The van der Waals surface area contributed by atoms with Crippen LogP contribution in [0, 0.1) is 34.3 Å². The lowest BCUT2D eigenvalue weighted by Crippen LogP contribution is -2.59. The molecular formula is C21H27F2NO3. The highest BCUT2D eigenvalue weighted by atomic mass is 19.1. The minimum Gasteiger partial charge on any atom is -0.396 e. The van der Waals surface area contributed by atoms with Crippen molar-refractivity contribution in [3.05, 3.63) is 35.4 Å². The molecule has 1 amide bonds. The predicted octanol–water partition coefficient (Wildman–Crippen LogP) is 3.35. The smallest absolute Gasteiger partial charge is 0.222 e. The fraction of sp³-hybridized carbons (Fsp3) is 0.667. The van der Waals surface area contributed by atoms with Gasteiger partial charge in [-0.15, -0.1) is 0 Å². The van der Waals surface area contributed by atoms with E-state index < -0.39 is 17.7 Å². The van der Waals surface area contributed by atoms with Crippen LogP contribution in [-0.2, 0) is 9.53 Å². The third kappa shape index (κ3) is 2.80. The second-order valence-corrected chi connectivity index (χ2v) is 8.98. The zero-order valence-electron chi connectivity index (χ0n) is 15.8. The predicted molar refractivity (Wildman–Crippen MR) is 95.7 cm³/mol. The van der Waals surface area contributed by atoms with E-state index in [0.29, 0.717) is 12.5 Å². The first-order chi connectivity index (χ1) is 12.8. The van der Waals surface area contributed by atoms with Gasteiger partial charge in [0, 0.05) is 24.6 Å². The molecule has 2 bridgehead atoms. The van der Waals surface area contributed by atoms with Crippen molar-refractivity contribution in [3.63, 3.8) is 0 Å². The van der Waals surface area contributed by atoms with E-state index in [0.717, 1.165) is 31.4 Å². The van der Waals surface area contributed by atoms with Gasteiger partial charge in [-0.3, -0.25) is 4.79 Å². The Bertz CT molecular complexity index is 753. The summed E-state index contributed by atoms with van der Waals surface area (Å²) in [6.07, 6.45) is 2.24. The van der Waals surface area contributed by atoms with E-state index in [-0.39, 0.29) is 47.3 Å². The zero-order chi connectivity index (χ0) is 19.4. The van der Waals surface area contributed by atoms with Crippen LogP contribution in [0.25, 0.3) is 0 Å². The zero-order valence-corrected chi connectivity index (χ0v) is 15.8. The monoisotopic (exact) mass is 379 g/mol. The number of hydrogen-bond donors (Lipinski definition) is 2. The van der Waals surface area contributed by atoms with Crippen molar-refractivity contribution in [1.82, 2.24) is 5.32 Å². The van der Waals surface area contributed by atoms with Gasteiger partial charge in [0.05, 0.1) is 12.7 Å². The quantitative estimate of drug-likeness (QED) is 0.844. The molecule has 1 heterocycles. The number of ether oxygens (including phenoxy) is 1. The summed E-state index contributed by atoms with van der Waals surface area (Å²) >= 11 is 0. The van der Waals surface area contributed by atoms with Crippen LogP contribution in [0.15, 0.2) is 18.2 Å². The van der Waals surface area contributed by atoms with Crippen LogP contribution >= 0.6 is 0 Å². The maximum absolute atomic E-state index is 14.5. The Hall–Kier alpha value is -1.53. The van der Waals surface area contributed by atoms with E-state index in [4.69, 9.17) is 9.84 Å². The molecule has 1 saturated heterocycles. The summed E-state index contributed by atoms with van der Waals surface area (Å²) in [6.45, 7) is 4.64. The summed E-state index contributed by atoms with van der Waals surface area (Å²) in [7, 11) is 0. The maximum atomic E-state index is 14.5. The summed E-state index contributed by atoms with van der Waals surface area (Å²) in [5.74, 6) is -0.633. The van der Waals surface area contributed by atoms with Crippen molar-refractivity contribution in [1.29, 1.82) is 0 Å². The number of nitrogens with one attached hydrogen (secondary N) is 1. The summed E-state index contributed by atoms with van der Waals surface area (Å²) < 4.78 is 34.2. The van der Waals surface area contributed by atoms with E-state index in [1.54, 1.807) is 0 Å². The highest BCUT2D eigenvalue weighted by Gasteiger charge is 2.68. The van der Waals surface area contributed by atoms with Gasteiger partial charge < -0.3 is 15.2 Å². The van der Waals surface area contributed by atoms with Crippen LogP contribution in [0.4, 0.5) is 8.78 Å². The van der Waals surface area contributed by atoms with Gasteiger partial charge >= 0.3 is 0 Å². The Balaban J connectivity index is 1.70. The van der Waals surface area contributed by atoms with Gasteiger partial charge in [-0.1, -0.05) is 13.8 Å². The van der Waals surface area contributed by atoms with Crippen molar-refractivity contribution in [2.75, 3.05) is 13.2 Å². The summed E-state index contributed by atoms with van der Waals surface area (Å²) in [5.41, 5.74) is 0.0233. The van der Waals surface area contributed by atoms with Gasteiger partial charge in [0.2, 0.25) is 5.91 Å². The summed E-state index contributed by atoms with van der Waals surface area (Å²) in [4.78, 5) is 12.3. The second kappa shape index (κ2) is 6.52. The molecule has 3 aliphatic rings. The molecule has 148 valence electrons. The highest BCUT2D eigenvalue weighted by molar-refractivity contribution is 5.76. The number of carbonyl (C=O) groups excluding carboxylic acids is 1. The van der Waals surface area contributed by atoms with Gasteiger partial charge in [0.15, 0.2) is 0 Å². The van der Waals surface area contributed by atoms with Crippen LogP contribution in [0.5, 0.6) is 0 Å². The fourth-order valence-electron chi connectivity index (χ4n) is 6.16. The molecule has 1 aromatic rings. The molecule has 0 aromatic heterocycles. The average molecular weight is 379 g/mol. The van der Waals surface area contributed by atoms with Gasteiger partial charge in [-0.05, 0) is 60.1 Å². The van der Waals surface area contributed by atoms with E-state index in [1.807, 2.05) is 0 Å². The van der Waals surface area contributed by atoms with Crippen molar-refractivity contribution in [2.24, 2.45) is 22.7 Å². The molecule has 2 aliphatic carbocycles. The van der Waals surface area contributed by atoms with Gasteiger partial charge in [-0.25, -0.2) is 8.78 Å². The first-order valence-electron chi connectivity index (χ1n) is 9.76. The van der Waals surface area contributed by atoms with Gasteiger partial charge in [-0.2, -0.15) is 0 Å². The Morgan fingerprint density at radius 2 is 2.15 bits per heavy atom. The summed E-state index contributed by atoms with van der Waals surface area (Å²) in [5, 5.41) is 12.3. The Morgan fingerprint density at radius 1 is 1.37 bits per heavy atom. The SMILES string of the molecule is CC1(C)[C@@H]2C[C@@H]3[C@@H](c4cc(F)ccc4F)OCCC3(C2)[C@H]1NC(=O)CCO. The third-order valence-corrected chi connectivity index (χ3v) is 7.41. The average Bonchev–Trinajstić information content (AvgIpc) is 3.10. The lowest BCUT2D eigenvalue weighted by Gasteiger charge is -2.53. The number of rotatable bonds is 4. The molecular weight excluding hydrogens is 352 g/mol. The van der Waals surface area contributed by atoms with Crippen molar-refractivity contribution in [2.45, 2.75) is 51.7 Å². The first-order valence-corrected chi connectivity index (χ1v) is 9.76. The largest absolute Gasteiger partial charge is 0.396 e. The molecule has 0 radical (unpaired) electrons. The van der Waals surface area contributed by atoms with E-state index >= 15 is 0 Å². The van der Waals surface area contributed by atoms with E-state index in [2.05, 4.69) is 19.2 Å². The molecule has 27 heavy (non-hydrogen) atoms. The minimum atomic E-state index is -0.493. The maximum Gasteiger partial charge on any atom is 0.222 e. The lowest BCUT2D eigenvalue weighted by atomic mass is 9.58. The number of aliphatic hydroxyl groups is 1. The molecule has 2 N–H and O–H groups in total. The second-order valence-electron chi connectivity index (χ2n) is 8.98. The number of hydrogen-bond acceptors (Lipinski definition) is 3. The van der Waals surface area contributed by atoms with Crippen molar-refractivity contribution in [3.8, 4) is 0 Å². The topological polar surface area (TPSA) is 58.6 Å². The Labute approximate surface area is 158 Å². The molecule has 4 nitrogen and oxygen atoms in total. The molecule has 3 fully saturated rings. The Morgan fingerprint density at radius 3 is 2.89 bits per heavy atom. The molecule has 6 heteroatoms. The number of benzene rings is 1. The highest BCUT2D eigenvalue weighted by Crippen LogP contribution is 2.70. The molecule has 1 aliphatic heterocycles. The van der Waals surface area contributed by atoms with Crippen LogP contribution in [0.1, 0.15) is 51.2 Å². The van der Waals surface area contributed by atoms with Crippen molar-refractivity contribution < 1.29 is 23.4 Å². The number of aliphatic hydroxyl groups excluding tert-OH is 1. The molecule has 5 atom stereocenters. The molecule has 1 aromatic carbocycles. The van der Waals surface area contributed by atoms with Crippen molar-refractivity contribution >= 4 is 5.91 Å². The standard InChI is InChI=1S/C21H27F2NO3/c1-20(2)12-9-15-18(14-10-13(22)3-4-16(14)23)27-8-6-21(15,11-12)19(20)24-17(26)5-7-25/h3-4,10,12,15,18-19,25H,5-9,11H2,1-2H3,(H,24,26)/t12-,15-,18-,19+,21?/m1/s1. The number of fused-ring (bicyclic) bond motifs is 1. The number of carbonyl (C=O) groups is 1. The Kier molecular flexibility index (Phi) is 4.54. The lowest BCUT2D eigenvalue weighted by molar-refractivity contribution is -0.138. The van der Waals surface area contributed by atoms with E-state index in [1.165, 1.54) is 6.07 Å². The molecule has 1 spiro atoms. The third-order valence-electron chi connectivity index (χ3n) is 7.41. The number of halogens is 2. The van der Waals surface area contributed by atoms with Gasteiger partial charge in [0.25, 0.3) is 0 Å². The van der Waals surface area contributed by atoms with Gasteiger partial charge in [0.1, 0.15) is 11.6 Å². The molecule has 4 rings (SSSR count). The normalized spacial score (nSPS) is 36.5. The van der Waals surface area contributed by atoms with Crippen LogP contribution in [0.2, 0.25) is 0 Å². The van der Waals surface area contributed by atoms with Crippen LogP contribution in [0.3, 0.4) is 0 Å². The number of amides is 1. The summed E-state index contributed by atoms with van der Waals surface area (Å²) in [6, 6.07) is 3.47.